The summed E-state index contributed by atoms with van der Waals surface area (Å²) in [6.07, 6.45) is 2.41. The molecule has 0 spiro atoms. The second-order valence-corrected chi connectivity index (χ2v) is 7.18. The number of halogens is 1. The van der Waals surface area contributed by atoms with E-state index in [0.717, 1.165) is 39.3 Å². The third kappa shape index (κ3) is 6.22. The number of hydrogen-bond donors (Lipinski definition) is 2. The minimum atomic E-state index is -0.329. The molecule has 2 heterocycles. The summed E-state index contributed by atoms with van der Waals surface area (Å²) in [5.41, 5.74) is 0.0744. The number of amides is 1. The molecular formula is C16H26ClN5O2. The highest BCUT2D eigenvalue weighted by Gasteiger charge is 2.19. The maximum atomic E-state index is 12.4. The number of carbonyl (C=O) groups excluding carboxylic acids is 1. The fourth-order valence-corrected chi connectivity index (χ4v) is 2.54. The lowest BCUT2D eigenvalue weighted by molar-refractivity contribution is 0.0378. The van der Waals surface area contributed by atoms with Crippen molar-refractivity contribution in [3.05, 3.63) is 17.0 Å². The van der Waals surface area contributed by atoms with Gasteiger partial charge in [-0.25, -0.2) is 4.98 Å². The van der Waals surface area contributed by atoms with Gasteiger partial charge in [0.25, 0.3) is 5.91 Å². The Morgan fingerprint density at radius 3 is 2.75 bits per heavy atom. The van der Waals surface area contributed by atoms with Gasteiger partial charge in [-0.1, -0.05) is 0 Å². The Balaban J connectivity index is 1.90. The van der Waals surface area contributed by atoms with Gasteiger partial charge in [0, 0.05) is 31.4 Å². The Hall–Kier alpha value is -1.44. The Morgan fingerprint density at radius 2 is 2.08 bits per heavy atom. The molecule has 8 heteroatoms. The molecule has 1 aliphatic heterocycles. The summed E-state index contributed by atoms with van der Waals surface area (Å²) in [4.78, 5) is 22.8. The van der Waals surface area contributed by atoms with Crippen molar-refractivity contribution in [1.29, 1.82) is 0 Å². The molecule has 0 aliphatic carbocycles. The van der Waals surface area contributed by atoms with E-state index in [1.165, 1.54) is 6.20 Å². The first-order chi connectivity index (χ1) is 11.3. The number of ether oxygens (including phenoxy) is 1. The van der Waals surface area contributed by atoms with E-state index in [4.69, 9.17) is 16.3 Å². The molecule has 24 heavy (non-hydrogen) atoms. The fourth-order valence-electron chi connectivity index (χ4n) is 2.40. The molecule has 1 aliphatic rings. The maximum absolute atomic E-state index is 12.4. The van der Waals surface area contributed by atoms with Crippen LogP contribution in [0.1, 0.15) is 37.6 Å². The van der Waals surface area contributed by atoms with Crippen molar-refractivity contribution < 1.29 is 9.53 Å². The molecule has 7 nitrogen and oxygen atoms in total. The van der Waals surface area contributed by atoms with Crippen molar-refractivity contribution in [2.45, 2.75) is 32.7 Å². The van der Waals surface area contributed by atoms with Gasteiger partial charge in [-0.2, -0.15) is 4.98 Å². The molecule has 1 aromatic rings. The van der Waals surface area contributed by atoms with Crippen LogP contribution < -0.4 is 10.6 Å². The summed E-state index contributed by atoms with van der Waals surface area (Å²) in [6, 6.07) is 0. The zero-order chi connectivity index (χ0) is 17.6. The monoisotopic (exact) mass is 355 g/mol. The first kappa shape index (κ1) is 18.9. The van der Waals surface area contributed by atoms with Crippen LogP contribution in [0.15, 0.2) is 6.20 Å². The van der Waals surface area contributed by atoms with Crippen LogP contribution in [-0.4, -0.2) is 65.7 Å². The minimum absolute atomic E-state index is 0.123. The maximum Gasteiger partial charge on any atom is 0.257 e. The van der Waals surface area contributed by atoms with Crippen LogP contribution in [0.25, 0.3) is 0 Å². The van der Waals surface area contributed by atoms with Gasteiger partial charge in [0.05, 0.1) is 13.2 Å². The van der Waals surface area contributed by atoms with Gasteiger partial charge < -0.3 is 15.4 Å². The summed E-state index contributed by atoms with van der Waals surface area (Å²) in [6.45, 7) is 11.0. The van der Waals surface area contributed by atoms with Crippen molar-refractivity contribution >= 4 is 23.3 Å². The molecule has 0 aromatic carbocycles. The van der Waals surface area contributed by atoms with Gasteiger partial charge in [-0.3, -0.25) is 9.69 Å². The number of anilines is 1. The molecule has 1 amide bonds. The van der Waals surface area contributed by atoms with E-state index in [-0.39, 0.29) is 16.7 Å². The van der Waals surface area contributed by atoms with Crippen LogP contribution >= 0.6 is 11.6 Å². The quantitative estimate of drug-likeness (QED) is 0.598. The molecule has 0 radical (unpaired) electrons. The van der Waals surface area contributed by atoms with Crippen LogP contribution in [0.3, 0.4) is 0 Å². The summed E-state index contributed by atoms with van der Waals surface area (Å²) < 4.78 is 5.34. The van der Waals surface area contributed by atoms with E-state index in [1.54, 1.807) is 0 Å². The van der Waals surface area contributed by atoms with Crippen LogP contribution in [0.5, 0.6) is 0 Å². The third-order valence-electron chi connectivity index (χ3n) is 3.54. The highest BCUT2D eigenvalue weighted by Crippen LogP contribution is 2.15. The Morgan fingerprint density at radius 1 is 1.38 bits per heavy atom. The summed E-state index contributed by atoms with van der Waals surface area (Å²) in [5, 5.41) is 6.24. The Labute approximate surface area is 148 Å². The number of aromatic nitrogens is 2. The Bertz CT molecular complexity index is 556. The lowest BCUT2D eigenvalue weighted by Crippen LogP contribution is -2.41. The molecule has 0 bridgehead atoms. The molecule has 0 atom stereocenters. The zero-order valence-electron chi connectivity index (χ0n) is 14.6. The highest BCUT2D eigenvalue weighted by molar-refractivity contribution is 6.28. The van der Waals surface area contributed by atoms with Crippen molar-refractivity contribution in [1.82, 2.24) is 20.2 Å². The van der Waals surface area contributed by atoms with Gasteiger partial charge in [-0.05, 0) is 45.3 Å². The molecule has 134 valence electrons. The van der Waals surface area contributed by atoms with Gasteiger partial charge in [0.1, 0.15) is 11.4 Å². The summed E-state index contributed by atoms with van der Waals surface area (Å²) in [7, 11) is 0. The van der Waals surface area contributed by atoms with E-state index in [1.807, 2.05) is 20.8 Å². The van der Waals surface area contributed by atoms with Gasteiger partial charge in [0.2, 0.25) is 5.28 Å². The number of rotatable bonds is 6. The molecule has 0 unspecified atom stereocenters. The lowest BCUT2D eigenvalue weighted by Gasteiger charge is -2.26. The van der Waals surface area contributed by atoms with Crippen LogP contribution in [0, 0.1) is 0 Å². The number of nitrogens with one attached hydrogen (secondary N) is 2. The Kier molecular flexibility index (Phi) is 6.77. The average molecular weight is 356 g/mol. The van der Waals surface area contributed by atoms with Gasteiger partial charge >= 0.3 is 0 Å². The molecular weight excluding hydrogens is 330 g/mol. The normalized spacial score (nSPS) is 16.0. The fraction of sp³-hybridized carbons (Fsp3) is 0.688. The highest BCUT2D eigenvalue weighted by atomic mass is 35.5. The molecule has 1 saturated heterocycles. The summed E-state index contributed by atoms with van der Waals surface area (Å²) in [5.74, 6) is 0.258. The van der Waals surface area contributed by atoms with Gasteiger partial charge in [-0.15, -0.1) is 0 Å². The van der Waals surface area contributed by atoms with E-state index >= 15 is 0 Å². The van der Waals surface area contributed by atoms with E-state index < -0.39 is 0 Å². The van der Waals surface area contributed by atoms with Crippen LogP contribution in [-0.2, 0) is 4.74 Å². The zero-order valence-corrected chi connectivity index (χ0v) is 15.3. The predicted octanol–water partition coefficient (Wildman–Crippen LogP) is 1.79. The minimum Gasteiger partial charge on any atom is -0.379 e. The van der Waals surface area contributed by atoms with Crippen LogP contribution in [0.2, 0.25) is 5.28 Å². The van der Waals surface area contributed by atoms with E-state index in [0.29, 0.717) is 17.9 Å². The number of nitrogens with zero attached hydrogens (tertiary/aromatic N) is 3. The molecule has 1 aromatic heterocycles. The second kappa shape index (κ2) is 8.60. The molecule has 2 rings (SSSR count). The first-order valence-electron chi connectivity index (χ1n) is 8.24. The lowest BCUT2D eigenvalue weighted by atomic mass is 10.1. The smallest absolute Gasteiger partial charge is 0.257 e. The standard InChI is InChI=1S/C16H26ClN5O2/c1-16(2,3)21-14(23)12-11-19-15(17)20-13(12)18-5-4-6-22-7-9-24-10-8-22/h11H,4-10H2,1-3H3,(H,21,23)(H,18,19,20). The van der Waals surface area contributed by atoms with Crippen molar-refractivity contribution in [3.63, 3.8) is 0 Å². The van der Waals surface area contributed by atoms with Crippen molar-refractivity contribution in [3.8, 4) is 0 Å². The second-order valence-electron chi connectivity index (χ2n) is 6.84. The average Bonchev–Trinajstić information content (AvgIpc) is 2.51. The predicted molar refractivity (Wildman–Crippen MR) is 94.6 cm³/mol. The SMILES string of the molecule is CC(C)(C)NC(=O)c1cnc(Cl)nc1NCCCN1CCOCC1. The third-order valence-corrected chi connectivity index (χ3v) is 3.72. The molecule has 1 fully saturated rings. The van der Waals surface area contributed by atoms with Gasteiger partial charge in [0.15, 0.2) is 0 Å². The largest absolute Gasteiger partial charge is 0.379 e. The van der Waals surface area contributed by atoms with Crippen molar-refractivity contribution in [2.75, 3.05) is 44.7 Å². The first-order valence-corrected chi connectivity index (χ1v) is 8.62. The number of carbonyl (C=O) groups is 1. The topological polar surface area (TPSA) is 79.4 Å². The number of hydrogen-bond acceptors (Lipinski definition) is 6. The molecule has 0 saturated carbocycles. The van der Waals surface area contributed by atoms with Crippen molar-refractivity contribution in [2.24, 2.45) is 0 Å². The van der Waals surface area contributed by atoms with Crippen LogP contribution in [0.4, 0.5) is 5.82 Å². The van der Waals surface area contributed by atoms with E-state index in [9.17, 15) is 4.79 Å². The number of morpholine rings is 1. The molecule has 2 N–H and O–H groups in total. The van der Waals surface area contributed by atoms with E-state index in [2.05, 4.69) is 25.5 Å². The summed E-state index contributed by atoms with van der Waals surface area (Å²) >= 11 is 5.87.